The van der Waals surface area contributed by atoms with Crippen LogP contribution in [-0.4, -0.2) is 36.9 Å². The smallest absolute Gasteiger partial charge is 0.238 e. The number of amides is 2. The van der Waals surface area contributed by atoms with Crippen LogP contribution >= 0.6 is 0 Å². The van der Waals surface area contributed by atoms with E-state index in [2.05, 4.69) is 10.6 Å². The first-order valence-electron chi connectivity index (χ1n) is 7.50. The zero-order chi connectivity index (χ0) is 18.2. The summed E-state index contributed by atoms with van der Waals surface area (Å²) < 4.78 is 13.1. The lowest BCUT2D eigenvalue weighted by molar-refractivity contribution is -0.119. The molecule has 0 atom stereocenters. The number of rotatable bonds is 6. The lowest BCUT2D eigenvalue weighted by atomic mass is 10.2. The molecule has 128 valence electrons. The standard InChI is InChI=1S/C18H17FN4O2/c1-23(12-18(25)22-16-7-3-5-14(19)9-16)11-17(24)21-15-6-2-4-13(8-15)10-20/h2-9H,11-12H2,1H3,(H,21,24)(H,22,25). The van der Waals surface area contributed by atoms with Crippen molar-refractivity contribution in [2.24, 2.45) is 0 Å². The minimum Gasteiger partial charge on any atom is -0.325 e. The zero-order valence-electron chi connectivity index (χ0n) is 13.6. The van der Waals surface area contributed by atoms with E-state index in [0.29, 0.717) is 16.9 Å². The molecule has 25 heavy (non-hydrogen) atoms. The summed E-state index contributed by atoms with van der Waals surface area (Å²) in [4.78, 5) is 25.4. The van der Waals surface area contributed by atoms with Gasteiger partial charge in [-0.15, -0.1) is 0 Å². The number of nitrogens with zero attached hydrogens (tertiary/aromatic N) is 2. The fourth-order valence-electron chi connectivity index (χ4n) is 2.18. The Kier molecular flexibility index (Phi) is 6.20. The van der Waals surface area contributed by atoms with Crippen LogP contribution in [0.15, 0.2) is 48.5 Å². The Hall–Kier alpha value is -3.24. The Morgan fingerprint density at radius 3 is 2.16 bits per heavy atom. The largest absolute Gasteiger partial charge is 0.325 e. The van der Waals surface area contributed by atoms with Crippen LogP contribution in [0.2, 0.25) is 0 Å². The summed E-state index contributed by atoms with van der Waals surface area (Å²) in [6.07, 6.45) is 0. The Morgan fingerprint density at radius 2 is 1.60 bits per heavy atom. The van der Waals surface area contributed by atoms with Gasteiger partial charge in [0, 0.05) is 11.4 Å². The van der Waals surface area contributed by atoms with E-state index in [-0.39, 0.29) is 24.9 Å². The Morgan fingerprint density at radius 1 is 1.04 bits per heavy atom. The minimum absolute atomic E-state index is 0.00660. The molecule has 2 aromatic rings. The number of hydrogen-bond acceptors (Lipinski definition) is 4. The van der Waals surface area contributed by atoms with Crippen LogP contribution in [0.4, 0.5) is 15.8 Å². The average molecular weight is 340 g/mol. The Labute approximate surface area is 144 Å². The third-order valence-electron chi connectivity index (χ3n) is 3.21. The molecule has 0 fully saturated rings. The second-order valence-corrected chi connectivity index (χ2v) is 5.47. The molecule has 0 aliphatic rings. The molecule has 0 unspecified atom stereocenters. The molecule has 0 aromatic heterocycles. The lowest BCUT2D eigenvalue weighted by Crippen LogP contribution is -2.36. The van der Waals surface area contributed by atoms with Gasteiger partial charge in [-0.3, -0.25) is 14.5 Å². The topological polar surface area (TPSA) is 85.2 Å². The van der Waals surface area contributed by atoms with Crippen LogP contribution in [0, 0.1) is 17.1 Å². The summed E-state index contributed by atoms with van der Waals surface area (Å²) in [6.45, 7) is -0.0322. The third-order valence-corrected chi connectivity index (χ3v) is 3.21. The van der Waals surface area contributed by atoms with E-state index >= 15 is 0 Å². The molecule has 7 heteroatoms. The molecule has 0 saturated heterocycles. The number of carbonyl (C=O) groups is 2. The maximum absolute atomic E-state index is 13.1. The molecule has 6 nitrogen and oxygen atoms in total. The normalized spacial score (nSPS) is 10.2. The molecular formula is C18H17FN4O2. The maximum atomic E-state index is 13.1. The summed E-state index contributed by atoms with van der Waals surface area (Å²) >= 11 is 0. The van der Waals surface area contributed by atoms with E-state index in [1.807, 2.05) is 6.07 Å². The van der Waals surface area contributed by atoms with Crippen LogP contribution in [0.25, 0.3) is 0 Å². The fourth-order valence-corrected chi connectivity index (χ4v) is 2.18. The lowest BCUT2D eigenvalue weighted by Gasteiger charge is -2.16. The van der Waals surface area contributed by atoms with Crippen molar-refractivity contribution in [3.8, 4) is 6.07 Å². The number of hydrogen-bond donors (Lipinski definition) is 2. The summed E-state index contributed by atoms with van der Waals surface area (Å²) in [5.41, 5.74) is 1.32. The SMILES string of the molecule is CN(CC(=O)Nc1cccc(F)c1)CC(=O)Nc1cccc(C#N)c1. The van der Waals surface area contributed by atoms with Gasteiger partial charge in [0.05, 0.1) is 24.7 Å². The number of halogens is 1. The molecule has 0 radical (unpaired) electrons. The van der Waals surface area contributed by atoms with Crippen molar-refractivity contribution in [1.29, 1.82) is 5.26 Å². The van der Waals surface area contributed by atoms with Crippen LogP contribution in [0.1, 0.15) is 5.56 Å². The highest BCUT2D eigenvalue weighted by atomic mass is 19.1. The number of benzene rings is 2. The average Bonchev–Trinajstić information content (AvgIpc) is 2.54. The number of nitriles is 1. The summed E-state index contributed by atoms with van der Waals surface area (Å²) in [7, 11) is 1.62. The van der Waals surface area contributed by atoms with Crippen molar-refractivity contribution in [2.75, 3.05) is 30.8 Å². The van der Waals surface area contributed by atoms with E-state index in [4.69, 9.17) is 5.26 Å². The van der Waals surface area contributed by atoms with Gasteiger partial charge in [-0.05, 0) is 43.4 Å². The molecule has 0 aliphatic carbocycles. The van der Waals surface area contributed by atoms with Crippen molar-refractivity contribution >= 4 is 23.2 Å². The first kappa shape index (κ1) is 18.1. The highest BCUT2D eigenvalue weighted by Gasteiger charge is 2.11. The van der Waals surface area contributed by atoms with Gasteiger partial charge >= 0.3 is 0 Å². The van der Waals surface area contributed by atoms with Crippen LogP contribution in [-0.2, 0) is 9.59 Å². The van der Waals surface area contributed by atoms with Crippen molar-refractivity contribution in [2.45, 2.75) is 0 Å². The van der Waals surface area contributed by atoms with Gasteiger partial charge in [-0.25, -0.2) is 4.39 Å². The number of carbonyl (C=O) groups excluding carboxylic acids is 2. The van der Waals surface area contributed by atoms with E-state index in [0.717, 1.165) is 0 Å². The van der Waals surface area contributed by atoms with Gasteiger partial charge in [0.1, 0.15) is 5.82 Å². The molecule has 0 bridgehead atoms. The maximum Gasteiger partial charge on any atom is 0.238 e. The number of anilines is 2. The van der Waals surface area contributed by atoms with Crippen molar-refractivity contribution < 1.29 is 14.0 Å². The van der Waals surface area contributed by atoms with Crippen LogP contribution in [0.5, 0.6) is 0 Å². The molecule has 0 saturated carbocycles. The second-order valence-electron chi connectivity index (χ2n) is 5.47. The van der Waals surface area contributed by atoms with E-state index in [1.165, 1.54) is 23.1 Å². The predicted molar refractivity (Wildman–Crippen MR) is 92.3 cm³/mol. The zero-order valence-corrected chi connectivity index (χ0v) is 13.6. The van der Waals surface area contributed by atoms with Gasteiger partial charge in [0.25, 0.3) is 0 Å². The highest BCUT2D eigenvalue weighted by Crippen LogP contribution is 2.10. The molecule has 2 N–H and O–H groups in total. The first-order chi connectivity index (χ1) is 12.0. The first-order valence-corrected chi connectivity index (χ1v) is 7.50. The summed E-state index contributed by atoms with van der Waals surface area (Å²) in [5.74, 6) is -1.10. The highest BCUT2D eigenvalue weighted by molar-refractivity contribution is 5.94. The quantitative estimate of drug-likeness (QED) is 0.844. The number of likely N-dealkylation sites (N-methyl/N-ethyl adjacent to an activating group) is 1. The fraction of sp³-hybridized carbons (Fsp3) is 0.167. The molecule has 0 heterocycles. The monoisotopic (exact) mass is 340 g/mol. The molecule has 2 rings (SSSR count). The van der Waals surface area contributed by atoms with Gasteiger partial charge in [0.2, 0.25) is 11.8 Å². The predicted octanol–water partition coefficient (Wildman–Crippen LogP) is 2.21. The molecule has 2 aromatic carbocycles. The van der Waals surface area contributed by atoms with Gasteiger partial charge in [-0.2, -0.15) is 5.26 Å². The summed E-state index contributed by atoms with van der Waals surface area (Å²) in [5, 5.41) is 14.1. The van der Waals surface area contributed by atoms with E-state index in [1.54, 1.807) is 37.4 Å². The summed E-state index contributed by atoms with van der Waals surface area (Å²) in [6, 6.07) is 14.1. The van der Waals surface area contributed by atoms with Gasteiger partial charge < -0.3 is 10.6 Å². The van der Waals surface area contributed by atoms with Crippen molar-refractivity contribution in [3.05, 3.63) is 59.9 Å². The molecular weight excluding hydrogens is 323 g/mol. The molecule has 2 amide bonds. The molecule has 0 aliphatic heterocycles. The van der Waals surface area contributed by atoms with Crippen molar-refractivity contribution in [1.82, 2.24) is 4.90 Å². The van der Waals surface area contributed by atoms with Gasteiger partial charge in [0.15, 0.2) is 0 Å². The third kappa shape index (κ3) is 6.05. The second kappa shape index (κ2) is 8.57. The van der Waals surface area contributed by atoms with Crippen LogP contribution < -0.4 is 10.6 Å². The van der Waals surface area contributed by atoms with Crippen LogP contribution in [0.3, 0.4) is 0 Å². The molecule has 0 spiro atoms. The number of nitrogens with one attached hydrogen (secondary N) is 2. The van der Waals surface area contributed by atoms with E-state index in [9.17, 15) is 14.0 Å². The Balaban J connectivity index is 1.82. The Bertz CT molecular complexity index is 817. The minimum atomic E-state index is -0.440. The van der Waals surface area contributed by atoms with Gasteiger partial charge in [-0.1, -0.05) is 12.1 Å². The van der Waals surface area contributed by atoms with Crippen molar-refractivity contribution in [3.63, 3.8) is 0 Å². The van der Waals surface area contributed by atoms with E-state index < -0.39 is 5.82 Å².